The van der Waals surface area contributed by atoms with Crippen LogP contribution in [0.25, 0.3) is 0 Å². The summed E-state index contributed by atoms with van der Waals surface area (Å²) in [4.78, 5) is 10.9. The fourth-order valence-corrected chi connectivity index (χ4v) is 1.95. The molecule has 4 heteroatoms. The van der Waals surface area contributed by atoms with Gasteiger partial charge in [-0.05, 0) is 41.8 Å². The largest absolute Gasteiger partial charge is 0.478 e. The molecule has 2 rings (SSSR count). The van der Waals surface area contributed by atoms with Gasteiger partial charge in [-0.1, -0.05) is 24.3 Å². The molecule has 0 saturated heterocycles. The van der Waals surface area contributed by atoms with Crippen molar-refractivity contribution in [2.45, 2.75) is 20.1 Å². The molecule has 0 unspecified atom stereocenters. The van der Waals surface area contributed by atoms with Gasteiger partial charge in [-0.15, -0.1) is 0 Å². The third kappa shape index (κ3) is 3.36. The van der Waals surface area contributed by atoms with Gasteiger partial charge in [-0.25, -0.2) is 4.79 Å². The number of aliphatic hydroxyl groups is 1. The maximum Gasteiger partial charge on any atom is 0.335 e. The zero-order valence-electron chi connectivity index (χ0n) is 11.3. The van der Waals surface area contributed by atoms with Crippen molar-refractivity contribution in [3.8, 4) is 0 Å². The SMILES string of the molecule is Cc1cc(C(=O)O)ccc1NCc1ccc(CO)cc1. The van der Waals surface area contributed by atoms with E-state index in [1.807, 2.05) is 31.2 Å². The first kappa shape index (κ1) is 14.1. The van der Waals surface area contributed by atoms with Gasteiger partial charge in [0.2, 0.25) is 0 Å². The highest BCUT2D eigenvalue weighted by atomic mass is 16.4. The summed E-state index contributed by atoms with van der Waals surface area (Å²) in [6.45, 7) is 2.58. The lowest BCUT2D eigenvalue weighted by Crippen LogP contribution is -2.03. The zero-order valence-corrected chi connectivity index (χ0v) is 11.3. The molecule has 0 atom stereocenters. The van der Waals surface area contributed by atoms with Crippen LogP contribution in [0.4, 0.5) is 5.69 Å². The Labute approximate surface area is 117 Å². The molecule has 0 heterocycles. The molecule has 0 aliphatic carbocycles. The first-order valence-corrected chi connectivity index (χ1v) is 6.36. The Kier molecular flexibility index (Phi) is 4.38. The van der Waals surface area contributed by atoms with Gasteiger partial charge in [-0.3, -0.25) is 0 Å². The minimum Gasteiger partial charge on any atom is -0.478 e. The van der Waals surface area contributed by atoms with Crippen LogP contribution in [-0.4, -0.2) is 16.2 Å². The normalized spacial score (nSPS) is 10.3. The molecule has 0 fully saturated rings. The average Bonchev–Trinajstić information content (AvgIpc) is 2.46. The molecule has 20 heavy (non-hydrogen) atoms. The van der Waals surface area contributed by atoms with Gasteiger partial charge in [0.1, 0.15) is 0 Å². The third-order valence-electron chi connectivity index (χ3n) is 3.16. The highest BCUT2D eigenvalue weighted by Gasteiger charge is 2.05. The van der Waals surface area contributed by atoms with Gasteiger partial charge in [0, 0.05) is 12.2 Å². The van der Waals surface area contributed by atoms with E-state index in [0.29, 0.717) is 12.1 Å². The summed E-state index contributed by atoms with van der Waals surface area (Å²) in [6.07, 6.45) is 0. The Morgan fingerprint density at radius 3 is 2.30 bits per heavy atom. The third-order valence-corrected chi connectivity index (χ3v) is 3.16. The van der Waals surface area contributed by atoms with E-state index in [2.05, 4.69) is 5.32 Å². The second kappa shape index (κ2) is 6.21. The number of aromatic carboxylic acids is 1. The number of carbonyl (C=O) groups is 1. The number of carboxylic acids is 1. The predicted molar refractivity (Wildman–Crippen MR) is 77.8 cm³/mol. The van der Waals surface area contributed by atoms with E-state index >= 15 is 0 Å². The van der Waals surface area contributed by atoms with E-state index in [4.69, 9.17) is 10.2 Å². The van der Waals surface area contributed by atoms with E-state index in [1.54, 1.807) is 18.2 Å². The van der Waals surface area contributed by atoms with E-state index < -0.39 is 5.97 Å². The summed E-state index contributed by atoms with van der Waals surface area (Å²) in [5, 5.41) is 21.2. The van der Waals surface area contributed by atoms with Gasteiger partial charge >= 0.3 is 5.97 Å². The van der Waals surface area contributed by atoms with Crippen LogP contribution in [0.3, 0.4) is 0 Å². The quantitative estimate of drug-likeness (QED) is 0.782. The minimum atomic E-state index is -0.917. The average molecular weight is 271 g/mol. The van der Waals surface area contributed by atoms with Crippen molar-refractivity contribution in [2.75, 3.05) is 5.32 Å². The van der Waals surface area contributed by atoms with Crippen LogP contribution in [0.15, 0.2) is 42.5 Å². The molecule has 4 nitrogen and oxygen atoms in total. The molecule has 0 amide bonds. The van der Waals surface area contributed by atoms with Crippen molar-refractivity contribution in [1.29, 1.82) is 0 Å². The van der Waals surface area contributed by atoms with Crippen LogP contribution < -0.4 is 5.32 Å². The Balaban J connectivity index is 2.04. The summed E-state index contributed by atoms with van der Waals surface area (Å²) < 4.78 is 0. The second-order valence-electron chi connectivity index (χ2n) is 4.66. The smallest absolute Gasteiger partial charge is 0.335 e. The molecule has 2 aromatic rings. The molecule has 0 bridgehead atoms. The first-order valence-electron chi connectivity index (χ1n) is 6.36. The summed E-state index contributed by atoms with van der Waals surface area (Å²) in [6, 6.07) is 12.7. The zero-order chi connectivity index (χ0) is 14.5. The predicted octanol–water partition coefficient (Wildman–Crippen LogP) is 2.80. The van der Waals surface area contributed by atoms with Crippen molar-refractivity contribution < 1.29 is 15.0 Å². The number of hydrogen-bond donors (Lipinski definition) is 3. The molecular weight excluding hydrogens is 254 g/mol. The van der Waals surface area contributed by atoms with E-state index in [0.717, 1.165) is 22.4 Å². The molecule has 0 aliphatic rings. The Hall–Kier alpha value is -2.33. The summed E-state index contributed by atoms with van der Waals surface area (Å²) in [5.74, 6) is -0.917. The van der Waals surface area contributed by atoms with Gasteiger partial charge in [0.05, 0.1) is 12.2 Å². The highest BCUT2D eigenvalue weighted by molar-refractivity contribution is 5.88. The number of hydrogen-bond acceptors (Lipinski definition) is 3. The molecule has 2 aromatic carbocycles. The van der Waals surface area contributed by atoms with Crippen LogP contribution in [-0.2, 0) is 13.2 Å². The molecule has 0 aromatic heterocycles. The van der Waals surface area contributed by atoms with Crippen molar-refractivity contribution in [1.82, 2.24) is 0 Å². The van der Waals surface area contributed by atoms with E-state index in [-0.39, 0.29) is 6.61 Å². The molecule has 0 spiro atoms. The number of carboxylic acid groups (broad SMARTS) is 1. The van der Waals surface area contributed by atoms with Gasteiger partial charge < -0.3 is 15.5 Å². The van der Waals surface area contributed by atoms with Crippen LogP contribution in [0.2, 0.25) is 0 Å². The van der Waals surface area contributed by atoms with Gasteiger partial charge in [0.15, 0.2) is 0 Å². The number of benzene rings is 2. The molecular formula is C16H17NO3. The number of anilines is 1. The van der Waals surface area contributed by atoms with Crippen LogP contribution in [0.5, 0.6) is 0 Å². The lowest BCUT2D eigenvalue weighted by Gasteiger charge is -2.10. The van der Waals surface area contributed by atoms with Crippen LogP contribution in [0, 0.1) is 6.92 Å². The minimum absolute atomic E-state index is 0.0451. The Morgan fingerprint density at radius 1 is 1.10 bits per heavy atom. The molecule has 3 N–H and O–H groups in total. The van der Waals surface area contributed by atoms with Crippen LogP contribution in [0.1, 0.15) is 27.0 Å². The lowest BCUT2D eigenvalue weighted by molar-refractivity contribution is 0.0697. The van der Waals surface area contributed by atoms with Crippen molar-refractivity contribution in [3.05, 3.63) is 64.7 Å². The number of aliphatic hydroxyl groups excluding tert-OH is 1. The fraction of sp³-hybridized carbons (Fsp3) is 0.188. The monoisotopic (exact) mass is 271 g/mol. The van der Waals surface area contributed by atoms with E-state index in [1.165, 1.54) is 0 Å². The van der Waals surface area contributed by atoms with Crippen molar-refractivity contribution in [3.63, 3.8) is 0 Å². The maximum atomic E-state index is 10.9. The summed E-state index contributed by atoms with van der Waals surface area (Å²) >= 11 is 0. The van der Waals surface area contributed by atoms with Crippen molar-refractivity contribution in [2.24, 2.45) is 0 Å². The Morgan fingerprint density at radius 2 is 1.75 bits per heavy atom. The second-order valence-corrected chi connectivity index (χ2v) is 4.66. The van der Waals surface area contributed by atoms with Gasteiger partial charge in [0.25, 0.3) is 0 Å². The molecule has 0 aliphatic heterocycles. The van der Waals surface area contributed by atoms with E-state index in [9.17, 15) is 4.79 Å². The first-order chi connectivity index (χ1) is 9.60. The molecule has 104 valence electrons. The number of rotatable bonds is 5. The highest BCUT2D eigenvalue weighted by Crippen LogP contribution is 2.17. The summed E-state index contributed by atoms with van der Waals surface area (Å²) in [7, 11) is 0. The summed E-state index contributed by atoms with van der Waals surface area (Å²) in [5.41, 5.74) is 4.10. The van der Waals surface area contributed by atoms with Crippen LogP contribution >= 0.6 is 0 Å². The number of nitrogens with one attached hydrogen (secondary N) is 1. The van der Waals surface area contributed by atoms with Gasteiger partial charge in [-0.2, -0.15) is 0 Å². The fourth-order valence-electron chi connectivity index (χ4n) is 1.95. The molecule has 0 saturated carbocycles. The molecule has 0 radical (unpaired) electrons. The topological polar surface area (TPSA) is 69.6 Å². The van der Waals surface area contributed by atoms with Crippen molar-refractivity contribution >= 4 is 11.7 Å². The lowest BCUT2D eigenvalue weighted by atomic mass is 10.1. The Bertz CT molecular complexity index is 606. The standard InChI is InChI=1S/C16H17NO3/c1-11-8-14(16(19)20)6-7-15(11)17-9-12-2-4-13(10-18)5-3-12/h2-8,17-18H,9-10H2,1H3,(H,19,20). The maximum absolute atomic E-state index is 10.9. The number of aryl methyl sites for hydroxylation is 1.